The first-order valence-corrected chi connectivity index (χ1v) is 8.37. The summed E-state index contributed by atoms with van der Waals surface area (Å²) in [5.41, 5.74) is 0.597. The molecule has 1 aromatic rings. The molecule has 0 fully saturated rings. The van der Waals surface area contributed by atoms with Gasteiger partial charge in [-0.15, -0.1) is 0 Å². The van der Waals surface area contributed by atoms with Gasteiger partial charge in [0.15, 0.2) is 5.11 Å². The zero-order valence-corrected chi connectivity index (χ0v) is 14.0. The van der Waals surface area contributed by atoms with Crippen LogP contribution in [0.5, 0.6) is 0 Å². The monoisotopic (exact) mass is 331 g/mol. The van der Waals surface area contributed by atoms with Crippen molar-refractivity contribution < 1.29 is 13.5 Å². The fourth-order valence-electron chi connectivity index (χ4n) is 1.67. The lowest BCUT2D eigenvalue weighted by Crippen LogP contribution is -2.36. The van der Waals surface area contributed by atoms with Gasteiger partial charge in [-0.25, -0.2) is 12.7 Å². The fraction of sp³-hybridized carbons (Fsp3) is 0.462. The van der Waals surface area contributed by atoms with Gasteiger partial charge in [-0.1, -0.05) is 6.07 Å². The average Bonchev–Trinajstić information content (AvgIpc) is 2.44. The van der Waals surface area contributed by atoms with Crippen molar-refractivity contribution in [2.75, 3.05) is 39.1 Å². The molecule has 21 heavy (non-hydrogen) atoms. The van der Waals surface area contributed by atoms with Crippen molar-refractivity contribution in [2.45, 2.75) is 11.8 Å². The van der Waals surface area contributed by atoms with Crippen molar-refractivity contribution in [1.82, 2.24) is 9.21 Å². The zero-order chi connectivity index (χ0) is 16.0. The summed E-state index contributed by atoms with van der Waals surface area (Å²) in [5.74, 6) is 0. The minimum absolute atomic E-state index is 0.00467. The van der Waals surface area contributed by atoms with E-state index >= 15 is 0 Å². The van der Waals surface area contributed by atoms with E-state index in [2.05, 4.69) is 5.32 Å². The summed E-state index contributed by atoms with van der Waals surface area (Å²) in [6.07, 6.45) is 0. The van der Waals surface area contributed by atoms with Crippen molar-refractivity contribution in [3.8, 4) is 0 Å². The van der Waals surface area contributed by atoms with E-state index in [1.54, 1.807) is 17.0 Å². The van der Waals surface area contributed by atoms with Crippen molar-refractivity contribution in [2.24, 2.45) is 0 Å². The Morgan fingerprint density at radius 1 is 1.38 bits per heavy atom. The number of rotatable bonds is 6. The average molecular weight is 331 g/mol. The van der Waals surface area contributed by atoms with Gasteiger partial charge in [0.1, 0.15) is 0 Å². The molecule has 0 amide bonds. The topological polar surface area (TPSA) is 72.9 Å². The van der Waals surface area contributed by atoms with Crippen LogP contribution >= 0.6 is 12.2 Å². The van der Waals surface area contributed by atoms with Gasteiger partial charge in [0.05, 0.1) is 11.5 Å². The minimum Gasteiger partial charge on any atom is -0.395 e. The van der Waals surface area contributed by atoms with E-state index < -0.39 is 10.0 Å². The Morgan fingerprint density at radius 2 is 2.05 bits per heavy atom. The molecule has 0 spiro atoms. The summed E-state index contributed by atoms with van der Waals surface area (Å²) >= 11 is 5.25. The molecule has 8 heteroatoms. The summed E-state index contributed by atoms with van der Waals surface area (Å²) in [4.78, 5) is 1.99. The summed E-state index contributed by atoms with van der Waals surface area (Å²) in [5, 5.41) is 12.4. The highest BCUT2D eigenvalue weighted by Gasteiger charge is 2.17. The number of nitrogens with zero attached hydrogens (tertiary/aromatic N) is 2. The maximum atomic E-state index is 12.1. The van der Waals surface area contributed by atoms with E-state index in [1.165, 1.54) is 26.2 Å². The Labute approximate surface area is 131 Å². The maximum absolute atomic E-state index is 12.1. The molecule has 0 unspecified atom stereocenters. The number of likely N-dealkylation sites (N-methyl/N-ethyl adjacent to an activating group) is 1. The lowest BCUT2D eigenvalue weighted by molar-refractivity contribution is 0.254. The Morgan fingerprint density at radius 3 is 2.57 bits per heavy atom. The first-order chi connectivity index (χ1) is 9.82. The number of aliphatic hydroxyl groups is 1. The molecule has 0 radical (unpaired) electrons. The van der Waals surface area contributed by atoms with Gasteiger partial charge in [-0.2, -0.15) is 0 Å². The van der Waals surface area contributed by atoms with Crippen LogP contribution < -0.4 is 5.32 Å². The molecule has 2 N–H and O–H groups in total. The number of thiocarbonyl (C=S) groups is 1. The van der Waals surface area contributed by atoms with Crippen LogP contribution in [-0.4, -0.2) is 61.6 Å². The standard InChI is InChI=1S/C13H21N3O3S2/c1-4-16(8-9-17)13(20)14-11-6-5-7-12(10-11)21(18,19)15(2)3/h5-7,10,17H,4,8-9H2,1-3H3,(H,14,20). The van der Waals surface area contributed by atoms with Crippen molar-refractivity contribution in [1.29, 1.82) is 0 Å². The van der Waals surface area contributed by atoms with Crippen LogP contribution in [0.2, 0.25) is 0 Å². The molecule has 118 valence electrons. The molecule has 0 atom stereocenters. The van der Waals surface area contributed by atoms with E-state index in [0.29, 0.717) is 23.9 Å². The molecule has 1 rings (SSSR count). The summed E-state index contributed by atoms with van der Waals surface area (Å²) in [7, 11) is -0.502. The highest BCUT2D eigenvalue weighted by atomic mass is 32.2. The Hall–Kier alpha value is -1.22. The number of hydrogen-bond donors (Lipinski definition) is 2. The molecule has 0 saturated heterocycles. The van der Waals surface area contributed by atoms with Crippen LogP contribution in [0, 0.1) is 0 Å². The SMILES string of the molecule is CCN(CCO)C(=S)Nc1cccc(S(=O)(=O)N(C)C)c1. The number of anilines is 1. The molecular weight excluding hydrogens is 310 g/mol. The highest BCUT2D eigenvalue weighted by Crippen LogP contribution is 2.18. The summed E-state index contributed by atoms with van der Waals surface area (Å²) < 4.78 is 25.3. The second-order valence-corrected chi connectivity index (χ2v) is 7.09. The predicted octanol–water partition coefficient (Wildman–Crippen LogP) is 0.948. The molecule has 6 nitrogen and oxygen atoms in total. The fourth-order valence-corrected chi connectivity index (χ4v) is 2.96. The minimum atomic E-state index is -3.47. The van der Waals surface area contributed by atoms with Crippen LogP contribution in [-0.2, 0) is 10.0 Å². The van der Waals surface area contributed by atoms with Crippen LogP contribution in [0.25, 0.3) is 0 Å². The van der Waals surface area contributed by atoms with Gasteiger partial charge in [0.25, 0.3) is 0 Å². The third-order valence-corrected chi connectivity index (χ3v) is 5.07. The van der Waals surface area contributed by atoms with E-state index in [0.717, 1.165) is 4.31 Å². The maximum Gasteiger partial charge on any atom is 0.242 e. The first kappa shape index (κ1) is 17.8. The number of benzene rings is 1. The molecule has 0 bridgehead atoms. The molecule has 0 aliphatic carbocycles. The second kappa shape index (κ2) is 7.69. The van der Waals surface area contributed by atoms with Crippen molar-refractivity contribution >= 4 is 33.0 Å². The van der Waals surface area contributed by atoms with Gasteiger partial charge in [-0.3, -0.25) is 0 Å². The Bertz CT molecular complexity index is 588. The lowest BCUT2D eigenvalue weighted by atomic mass is 10.3. The van der Waals surface area contributed by atoms with Crippen LogP contribution in [0.3, 0.4) is 0 Å². The summed E-state index contributed by atoms with van der Waals surface area (Å²) in [6.45, 7) is 3.02. The normalized spacial score (nSPS) is 11.5. The molecule has 0 saturated carbocycles. The largest absolute Gasteiger partial charge is 0.395 e. The number of aliphatic hydroxyl groups excluding tert-OH is 1. The lowest BCUT2D eigenvalue weighted by Gasteiger charge is -2.23. The predicted molar refractivity (Wildman–Crippen MR) is 87.9 cm³/mol. The number of hydrogen-bond acceptors (Lipinski definition) is 4. The van der Waals surface area contributed by atoms with Crippen molar-refractivity contribution in [3.63, 3.8) is 0 Å². The molecule has 0 aliphatic rings. The smallest absolute Gasteiger partial charge is 0.242 e. The summed E-state index contributed by atoms with van der Waals surface area (Å²) in [6, 6.07) is 6.47. The van der Waals surface area contributed by atoms with E-state index in [4.69, 9.17) is 17.3 Å². The van der Waals surface area contributed by atoms with E-state index in [-0.39, 0.29) is 11.5 Å². The molecule has 1 aromatic carbocycles. The zero-order valence-electron chi connectivity index (χ0n) is 12.4. The third-order valence-electron chi connectivity index (χ3n) is 2.90. The van der Waals surface area contributed by atoms with Gasteiger partial charge in [-0.05, 0) is 37.3 Å². The molecular formula is C13H21N3O3S2. The number of nitrogens with one attached hydrogen (secondary N) is 1. The van der Waals surface area contributed by atoms with Crippen LogP contribution in [0.1, 0.15) is 6.92 Å². The van der Waals surface area contributed by atoms with Crippen LogP contribution in [0.15, 0.2) is 29.2 Å². The van der Waals surface area contributed by atoms with Gasteiger partial charge >= 0.3 is 0 Å². The van der Waals surface area contributed by atoms with Crippen LogP contribution in [0.4, 0.5) is 5.69 Å². The van der Waals surface area contributed by atoms with Gasteiger partial charge < -0.3 is 15.3 Å². The molecule has 0 heterocycles. The Kier molecular flexibility index (Phi) is 6.53. The van der Waals surface area contributed by atoms with Crippen molar-refractivity contribution in [3.05, 3.63) is 24.3 Å². The first-order valence-electron chi connectivity index (χ1n) is 6.52. The highest BCUT2D eigenvalue weighted by molar-refractivity contribution is 7.89. The quantitative estimate of drug-likeness (QED) is 0.756. The third kappa shape index (κ3) is 4.63. The second-order valence-electron chi connectivity index (χ2n) is 4.55. The van der Waals surface area contributed by atoms with Gasteiger partial charge in [0, 0.05) is 32.9 Å². The van der Waals surface area contributed by atoms with E-state index in [9.17, 15) is 8.42 Å². The van der Waals surface area contributed by atoms with Gasteiger partial charge in [0.2, 0.25) is 10.0 Å². The van der Waals surface area contributed by atoms with E-state index in [1.807, 2.05) is 6.92 Å². The number of sulfonamides is 1. The Balaban J connectivity index is 2.94. The molecule has 0 aromatic heterocycles. The molecule has 0 aliphatic heterocycles.